The molecule has 0 aromatic heterocycles. The summed E-state index contributed by atoms with van der Waals surface area (Å²) >= 11 is 0. The summed E-state index contributed by atoms with van der Waals surface area (Å²) in [6.07, 6.45) is -4.74. The van der Waals surface area contributed by atoms with Crippen molar-refractivity contribution in [2.24, 2.45) is 0 Å². The van der Waals surface area contributed by atoms with Crippen molar-refractivity contribution in [3.63, 3.8) is 0 Å². The number of ether oxygens (including phenoxy) is 1. The van der Waals surface area contributed by atoms with Crippen molar-refractivity contribution in [3.05, 3.63) is 0 Å². The molecule has 8 heteroatoms. The molecule has 0 aliphatic carbocycles. The van der Waals surface area contributed by atoms with Crippen molar-refractivity contribution in [1.82, 2.24) is 0 Å². The third-order valence-electron chi connectivity index (χ3n) is 6.29. The van der Waals surface area contributed by atoms with Crippen LogP contribution in [-0.2, 0) is 13.6 Å². The molecular weight excluding hydrogens is 368 g/mol. The van der Waals surface area contributed by atoms with E-state index in [-0.39, 0.29) is 16.7 Å². The van der Waals surface area contributed by atoms with Crippen LogP contribution in [0.15, 0.2) is 0 Å². The molecular formula is C18H40O6Si2. The molecule has 3 N–H and O–H groups in total. The van der Waals surface area contributed by atoms with E-state index < -0.39 is 47.3 Å². The SMILES string of the molecule is CC(C)(C)[Si](C)(C)O[C@@H]1[C@@H](O)[C@H](O)O[C@H](CO)[C@H]1O[Si](C)(C)C(C)(C)C. The lowest BCUT2D eigenvalue weighted by atomic mass is 9.99. The molecule has 5 atom stereocenters. The summed E-state index contributed by atoms with van der Waals surface area (Å²) in [6.45, 7) is 20.9. The molecule has 1 rings (SSSR count). The lowest BCUT2D eigenvalue weighted by Crippen LogP contribution is -2.65. The molecule has 1 saturated heterocycles. The van der Waals surface area contributed by atoms with E-state index in [1.807, 2.05) is 0 Å². The molecule has 1 fully saturated rings. The number of hydrogen-bond acceptors (Lipinski definition) is 6. The first-order valence-electron chi connectivity index (χ1n) is 9.43. The van der Waals surface area contributed by atoms with Gasteiger partial charge in [-0.15, -0.1) is 0 Å². The first-order chi connectivity index (χ1) is 11.4. The van der Waals surface area contributed by atoms with Gasteiger partial charge in [-0.2, -0.15) is 0 Å². The molecule has 0 unspecified atom stereocenters. The van der Waals surface area contributed by atoms with Gasteiger partial charge in [-0.25, -0.2) is 0 Å². The molecule has 6 nitrogen and oxygen atoms in total. The molecule has 156 valence electrons. The molecule has 0 bridgehead atoms. The Kier molecular flexibility index (Phi) is 7.37. The Bertz CT molecular complexity index is 441. The van der Waals surface area contributed by atoms with E-state index in [1.54, 1.807) is 0 Å². The minimum atomic E-state index is -2.24. The smallest absolute Gasteiger partial charge is 0.192 e. The summed E-state index contributed by atoms with van der Waals surface area (Å²) in [6, 6.07) is 0. The normalized spacial score (nSPS) is 32.0. The second kappa shape index (κ2) is 7.90. The van der Waals surface area contributed by atoms with Crippen LogP contribution in [0.25, 0.3) is 0 Å². The average molecular weight is 409 g/mol. The third kappa shape index (κ3) is 5.17. The van der Waals surface area contributed by atoms with Crippen LogP contribution < -0.4 is 0 Å². The number of aliphatic hydroxyl groups excluding tert-OH is 3. The highest BCUT2D eigenvalue weighted by molar-refractivity contribution is 6.74. The van der Waals surface area contributed by atoms with Gasteiger partial charge in [0.25, 0.3) is 0 Å². The summed E-state index contributed by atoms with van der Waals surface area (Å²) in [5, 5.41) is 30.5. The predicted molar refractivity (Wildman–Crippen MR) is 108 cm³/mol. The fourth-order valence-corrected chi connectivity index (χ4v) is 4.99. The quantitative estimate of drug-likeness (QED) is 0.606. The Morgan fingerprint density at radius 2 is 1.19 bits per heavy atom. The number of rotatable bonds is 5. The molecule has 0 spiro atoms. The molecule has 0 radical (unpaired) electrons. The molecule has 26 heavy (non-hydrogen) atoms. The molecule has 0 aromatic rings. The highest BCUT2D eigenvalue weighted by Crippen LogP contribution is 2.42. The van der Waals surface area contributed by atoms with E-state index in [1.165, 1.54) is 0 Å². The van der Waals surface area contributed by atoms with Gasteiger partial charge in [-0.05, 0) is 36.3 Å². The van der Waals surface area contributed by atoms with Crippen molar-refractivity contribution in [2.45, 2.75) is 109 Å². The fraction of sp³-hybridized carbons (Fsp3) is 1.00. The summed E-state index contributed by atoms with van der Waals surface area (Å²) in [5.74, 6) is 0. The zero-order valence-corrected chi connectivity index (χ0v) is 20.2. The topological polar surface area (TPSA) is 88.4 Å². The highest BCUT2D eigenvalue weighted by Gasteiger charge is 2.53. The molecule has 1 aliphatic heterocycles. The van der Waals surface area contributed by atoms with Gasteiger partial charge in [0, 0.05) is 0 Å². The van der Waals surface area contributed by atoms with Crippen LogP contribution in [0.1, 0.15) is 41.5 Å². The van der Waals surface area contributed by atoms with Crippen molar-refractivity contribution >= 4 is 16.6 Å². The van der Waals surface area contributed by atoms with Crippen molar-refractivity contribution < 1.29 is 28.9 Å². The Balaban J connectivity index is 3.25. The van der Waals surface area contributed by atoms with E-state index >= 15 is 0 Å². The van der Waals surface area contributed by atoms with Gasteiger partial charge in [0.1, 0.15) is 24.4 Å². The highest BCUT2D eigenvalue weighted by atomic mass is 28.4. The molecule has 0 aromatic carbocycles. The van der Waals surface area contributed by atoms with Crippen LogP contribution in [0, 0.1) is 0 Å². The second-order valence-corrected chi connectivity index (χ2v) is 19.9. The van der Waals surface area contributed by atoms with Gasteiger partial charge in [0.15, 0.2) is 22.9 Å². The van der Waals surface area contributed by atoms with Gasteiger partial charge in [0.05, 0.1) is 6.61 Å². The van der Waals surface area contributed by atoms with E-state index in [0.29, 0.717) is 0 Å². The number of aliphatic hydroxyl groups is 3. The standard InChI is InChI=1S/C18H40O6Si2/c1-17(2,3)25(7,8)23-14-12(11-19)22-16(21)13(20)15(14)24-26(9,10)18(4,5)6/h12-16,19-21H,11H2,1-10H3/t12-,13-,14-,15-,16-/m1/s1. The van der Waals surface area contributed by atoms with Gasteiger partial charge in [-0.1, -0.05) is 41.5 Å². The largest absolute Gasteiger partial charge is 0.408 e. The molecule has 1 heterocycles. The zero-order valence-electron chi connectivity index (χ0n) is 18.2. The van der Waals surface area contributed by atoms with Crippen LogP contribution in [-0.4, -0.2) is 69.3 Å². The van der Waals surface area contributed by atoms with E-state index in [9.17, 15) is 15.3 Å². The first kappa shape index (κ1) is 24.2. The van der Waals surface area contributed by atoms with Crippen LogP contribution in [0.3, 0.4) is 0 Å². The van der Waals surface area contributed by atoms with E-state index in [0.717, 1.165) is 0 Å². The Morgan fingerprint density at radius 1 is 0.808 bits per heavy atom. The molecule has 0 saturated carbocycles. The van der Waals surface area contributed by atoms with E-state index in [4.69, 9.17) is 13.6 Å². The van der Waals surface area contributed by atoms with Crippen molar-refractivity contribution in [2.75, 3.05) is 6.61 Å². The van der Waals surface area contributed by atoms with Gasteiger partial charge >= 0.3 is 0 Å². The average Bonchev–Trinajstić information content (AvgIpc) is 2.43. The van der Waals surface area contributed by atoms with Crippen LogP contribution in [0.5, 0.6) is 0 Å². The maximum absolute atomic E-state index is 10.6. The second-order valence-electron chi connectivity index (χ2n) is 10.4. The Hall–Kier alpha value is 0.194. The van der Waals surface area contributed by atoms with Crippen LogP contribution in [0.4, 0.5) is 0 Å². The fourth-order valence-electron chi connectivity index (χ4n) is 2.37. The minimum Gasteiger partial charge on any atom is -0.408 e. The summed E-state index contributed by atoms with van der Waals surface area (Å²) < 4.78 is 18.4. The van der Waals surface area contributed by atoms with Gasteiger partial charge in [-0.3, -0.25) is 0 Å². The lowest BCUT2D eigenvalue weighted by molar-refractivity contribution is -0.280. The zero-order chi connectivity index (χ0) is 20.7. The van der Waals surface area contributed by atoms with E-state index in [2.05, 4.69) is 67.7 Å². The van der Waals surface area contributed by atoms with Crippen molar-refractivity contribution in [3.8, 4) is 0 Å². The van der Waals surface area contributed by atoms with Gasteiger partial charge < -0.3 is 28.9 Å². The first-order valence-corrected chi connectivity index (χ1v) is 15.2. The Morgan fingerprint density at radius 3 is 1.54 bits per heavy atom. The predicted octanol–water partition coefficient (Wildman–Crippen LogP) is 2.84. The third-order valence-corrected chi connectivity index (χ3v) is 15.2. The van der Waals surface area contributed by atoms with Crippen LogP contribution in [0.2, 0.25) is 36.3 Å². The monoisotopic (exact) mass is 408 g/mol. The Labute approximate surface area is 161 Å². The van der Waals surface area contributed by atoms with Crippen molar-refractivity contribution in [1.29, 1.82) is 0 Å². The summed E-state index contributed by atoms with van der Waals surface area (Å²) in [4.78, 5) is 0. The van der Waals surface area contributed by atoms with Gasteiger partial charge in [0.2, 0.25) is 0 Å². The lowest BCUT2D eigenvalue weighted by Gasteiger charge is -2.50. The summed E-state index contributed by atoms with van der Waals surface area (Å²) in [7, 11) is -4.46. The maximum atomic E-state index is 10.6. The molecule has 1 aliphatic rings. The maximum Gasteiger partial charge on any atom is 0.192 e. The van der Waals surface area contributed by atoms with Crippen LogP contribution >= 0.6 is 0 Å². The number of hydrogen-bond donors (Lipinski definition) is 3. The minimum absolute atomic E-state index is 0.0461. The molecule has 0 amide bonds. The summed E-state index contributed by atoms with van der Waals surface area (Å²) in [5.41, 5.74) is 0.